The topological polar surface area (TPSA) is 71.0 Å². The molecule has 0 radical (unpaired) electrons. The number of benzene rings is 1. The maximum atomic E-state index is 12.2. The van der Waals surface area contributed by atoms with Gasteiger partial charge in [0, 0.05) is 24.7 Å². The Hall–Kier alpha value is -2.80. The third kappa shape index (κ3) is 4.49. The number of hydrogen-bond donors (Lipinski definition) is 1. The number of amides is 1. The summed E-state index contributed by atoms with van der Waals surface area (Å²) in [7, 11) is 0. The minimum absolute atomic E-state index is 0.287. The maximum Gasteiger partial charge on any atom is 0.277 e. The number of carbonyl (C=O) groups excluding carboxylic acids is 1. The number of piperidine rings is 1. The third-order valence-corrected chi connectivity index (χ3v) is 5.53. The smallest absolute Gasteiger partial charge is 0.277 e. The van der Waals surface area contributed by atoms with Crippen LogP contribution in [-0.2, 0) is 6.42 Å². The number of anilines is 2. The van der Waals surface area contributed by atoms with Crippen molar-refractivity contribution in [3.8, 4) is 0 Å². The van der Waals surface area contributed by atoms with E-state index in [1.165, 1.54) is 16.9 Å². The van der Waals surface area contributed by atoms with E-state index in [1.807, 2.05) is 11.4 Å². The highest BCUT2D eigenvalue weighted by atomic mass is 32.1. The van der Waals surface area contributed by atoms with Crippen LogP contribution < -0.4 is 10.2 Å². The molecule has 1 saturated heterocycles. The minimum atomic E-state index is -0.287. The summed E-state index contributed by atoms with van der Waals surface area (Å²) in [5.74, 6) is 1.25. The van der Waals surface area contributed by atoms with E-state index in [0.29, 0.717) is 16.7 Å². The molecule has 1 aliphatic heterocycles. The van der Waals surface area contributed by atoms with Gasteiger partial charge < -0.3 is 4.90 Å². The molecule has 1 aliphatic rings. The predicted octanol–water partition coefficient (Wildman–Crippen LogP) is 3.64. The molecule has 27 heavy (non-hydrogen) atoms. The average molecular weight is 379 g/mol. The Labute approximate surface area is 162 Å². The van der Waals surface area contributed by atoms with E-state index in [2.05, 4.69) is 55.7 Å². The van der Waals surface area contributed by atoms with Gasteiger partial charge in [0.25, 0.3) is 5.91 Å². The SMILES string of the molecule is O=C(Nc1nccs1)c1ccc(N2CCC(Cc3ccccc3)CC2)nn1. The number of rotatable bonds is 5. The van der Waals surface area contributed by atoms with Crippen LogP contribution in [0.1, 0.15) is 28.9 Å². The van der Waals surface area contributed by atoms with Gasteiger partial charge in [0.15, 0.2) is 16.6 Å². The van der Waals surface area contributed by atoms with Crippen molar-refractivity contribution in [3.63, 3.8) is 0 Å². The third-order valence-electron chi connectivity index (χ3n) is 4.84. The van der Waals surface area contributed by atoms with Crippen molar-refractivity contribution < 1.29 is 4.79 Å². The van der Waals surface area contributed by atoms with Crippen LogP contribution in [-0.4, -0.2) is 34.2 Å². The quantitative estimate of drug-likeness (QED) is 0.733. The van der Waals surface area contributed by atoms with Gasteiger partial charge in [-0.25, -0.2) is 4.98 Å². The number of nitrogens with zero attached hydrogens (tertiary/aromatic N) is 4. The monoisotopic (exact) mass is 379 g/mol. The largest absolute Gasteiger partial charge is 0.355 e. The second-order valence-electron chi connectivity index (χ2n) is 6.69. The lowest BCUT2D eigenvalue weighted by atomic mass is 9.90. The summed E-state index contributed by atoms with van der Waals surface area (Å²) in [6.07, 6.45) is 5.07. The summed E-state index contributed by atoms with van der Waals surface area (Å²) in [6, 6.07) is 14.3. The molecule has 0 saturated carbocycles. The van der Waals surface area contributed by atoms with Crippen molar-refractivity contribution >= 4 is 28.2 Å². The zero-order valence-corrected chi connectivity index (χ0v) is 15.7. The van der Waals surface area contributed by atoms with E-state index < -0.39 is 0 Å². The summed E-state index contributed by atoms with van der Waals surface area (Å²) in [6.45, 7) is 1.94. The summed E-state index contributed by atoms with van der Waals surface area (Å²) in [4.78, 5) is 18.4. The fraction of sp³-hybridized carbons (Fsp3) is 0.300. The van der Waals surface area contributed by atoms with Crippen LogP contribution in [0, 0.1) is 5.92 Å². The van der Waals surface area contributed by atoms with Crippen LogP contribution in [0.4, 0.5) is 10.9 Å². The van der Waals surface area contributed by atoms with Crippen LogP contribution in [0.5, 0.6) is 0 Å². The summed E-state index contributed by atoms with van der Waals surface area (Å²) in [5.41, 5.74) is 1.71. The van der Waals surface area contributed by atoms with Gasteiger partial charge in [-0.1, -0.05) is 30.3 Å². The Kier molecular flexibility index (Phi) is 5.39. The molecule has 4 rings (SSSR count). The van der Waals surface area contributed by atoms with Gasteiger partial charge in [0.1, 0.15) is 0 Å². The minimum Gasteiger partial charge on any atom is -0.355 e. The highest BCUT2D eigenvalue weighted by molar-refractivity contribution is 7.13. The Morgan fingerprint density at radius 1 is 1.11 bits per heavy atom. The van der Waals surface area contributed by atoms with E-state index in [0.717, 1.165) is 38.2 Å². The van der Waals surface area contributed by atoms with Crippen molar-refractivity contribution in [1.82, 2.24) is 15.2 Å². The van der Waals surface area contributed by atoms with Crippen LogP contribution in [0.3, 0.4) is 0 Å². The van der Waals surface area contributed by atoms with Gasteiger partial charge in [0.05, 0.1) is 0 Å². The second kappa shape index (κ2) is 8.26. The van der Waals surface area contributed by atoms with E-state index in [-0.39, 0.29) is 5.91 Å². The van der Waals surface area contributed by atoms with Gasteiger partial charge in [-0.05, 0) is 42.9 Å². The first-order valence-corrected chi connectivity index (χ1v) is 9.99. The van der Waals surface area contributed by atoms with Crippen molar-refractivity contribution in [2.24, 2.45) is 5.92 Å². The van der Waals surface area contributed by atoms with Crippen LogP contribution in [0.2, 0.25) is 0 Å². The van der Waals surface area contributed by atoms with E-state index >= 15 is 0 Å². The zero-order valence-electron chi connectivity index (χ0n) is 14.9. The van der Waals surface area contributed by atoms with Gasteiger partial charge >= 0.3 is 0 Å². The number of nitrogens with one attached hydrogen (secondary N) is 1. The first-order chi connectivity index (χ1) is 13.3. The molecule has 3 aromatic rings. The van der Waals surface area contributed by atoms with E-state index in [9.17, 15) is 4.79 Å². The predicted molar refractivity (Wildman–Crippen MR) is 107 cm³/mol. The fourth-order valence-corrected chi connectivity index (χ4v) is 3.90. The first kappa shape index (κ1) is 17.6. The molecule has 7 heteroatoms. The number of hydrogen-bond acceptors (Lipinski definition) is 6. The Balaban J connectivity index is 1.31. The van der Waals surface area contributed by atoms with Crippen molar-refractivity contribution in [2.75, 3.05) is 23.3 Å². The Morgan fingerprint density at radius 2 is 1.93 bits per heavy atom. The molecule has 0 spiro atoms. The lowest BCUT2D eigenvalue weighted by molar-refractivity contribution is 0.102. The van der Waals surface area contributed by atoms with Crippen LogP contribution in [0.25, 0.3) is 0 Å². The first-order valence-electron chi connectivity index (χ1n) is 9.11. The average Bonchev–Trinajstić information content (AvgIpc) is 3.22. The lowest BCUT2D eigenvalue weighted by Gasteiger charge is -2.32. The molecule has 0 aliphatic carbocycles. The highest BCUT2D eigenvalue weighted by Gasteiger charge is 2.21. The number of aromatic nitrogens is 3. The van der Waals surface area contributed by atoms with Crippen LogP contribution >= 0.6 is 11.3 Å². The summed E-state index contributed by atoms with van der Waals surface area (Å²) in [5, 5.41) is 13.4. The van der Waals surface area contributed by atoms with Gasteiger partial charge in [-0.2, -0.15) is 0 Å². The standard InChI is InChI=1S/C20H21N5OS/c26-19(22-20-21-10-13-27-20)17-6-7-18(24-23-17)25-11-8-16(9-12-25)14-15-4-2-1-3-5-15/h1-7,10,13,16H,8-9,11-12,14H2,(H,21,22,26). The molecule has 1 fully saturated rings. The molecule has 6 nitrogen and oxygen atoms in total. The number of carbonyl (C=O) groups is 1. The second-order valence-corrected chi connectivity index (χ2v) is 7.58. The molecule has 0 atom stereocenters. The van der Waals surface area contributed by atoms with Gasteiger partial charge in [-0.3, -0.25) is 10.1 Å². The Morgan fingerprint density at radius 3 is 2.59 bits per heavy atom. The highest BCUT2D eigenvalue weighted by Crippen LogP contribution is 2.24. The van der Waals surface area contributed by atoms with E-state index in [1.54, 1.807) is 12.3 Å². The number of thiazole rings is 1. The summed E-state index contributed by atoms with van der Waals surface area (Å²) < 4.78 is 0. The molecule has 3 heterocycles. The van der Waals surface area contributed by atoms with E-state index in [4.69, 9.17) is 0 Å². The molecule has 1 N–H and O–H groups in total. The molecule has 1 amide bonds. The maximum absolute atomic E-state index is 12.2. The molecular formula is C20H21N5OS. The molecule has 1 aromatic carbocycles. The molecule has 0 unspecified atom stereocenters. The van der Waals surface area contributed by atoms with Gasteiger partial charge in [0.2, 0.25) is 0 Å². The normalized spacial score (nSPS) is 14.9. The molecule has 0 bridgehead atoms. The molecule has 2 aromatic heterocycles. The Bertz CT molecular complexity index is 859. The zero-order chi connectivity index (χ0) is 18.5. The van der Waals surface area contributed by atoms with Crippen molar-refractivity contribution in [1.29, 1.82) is 0 Å². The summed E-state index contributed by atoms with van der Waals surface area (Å²) >= 11 is 1.37. The van der Waals surface area contributed by atoms with Crippen molar-refractivity contribution in [3.05, 3.63) is 65.3 Å². The molecule has 138 valence electrons. The van der Waals surface area contributed by atoms with Crippen LogP contribution in [0.15, 0.2) is 54.0 Å². The molecular weight excluding hydrogens is 358 g/mol. The van der Waals surface area contributed by atoms with Crippen molar-refractivity contribution in [2.45, 2.75) is 19.3 Å². The van der Waals surface area contributed by atoms with Gasteiger partial charge in [-0.15, -0.1) is 21.5 Å². The lowest BCUT2D eigenvalue weighted by Crippen LogP contribution is -2.35. The fourth-order valence-electron chi connectivity index (χ4n) is 3.37.